The van der Waals surface area contributed by atoms with Gasteiger partial charge < -0.3 is 9.84 Å². The van der Waals surface area contributed by atoms with E-state index in [4.69, 9.17) is 9.84 Å². The van der Waals surface area contributed by atoms with Crippen LogP contribution in [0.15, 0.2) is 0 Å². The Bertz CT molecular complexity index is 171. The monoisotopic (exact) mass is 217 g/mol. The fourth-order valence-corrected chi connectivity index (χ4v) is 1.16. The Kier molecular flexibility index (Phi) is 8.33. The summed E-state index contributed by atoms with van der Waals surface area (Å²) >= 11 is 0. The lowest BCUT2D eigenvalue weighted by atomic mass is 10.1. The van der Waals surface area contributed by atoms with Crippen molar-refractivity contribution >= 4 is 5.97 Å². The maximum atomic E-state index is 10.5. The lowest BCUT2D eigenvalue weighted by Gasteiger charge is -2.17. The molecule has 1 N–H and O–H groups in total. The first-order chi connectivity index (χ1) is 7.06. The highest BCUT2D eigenvalue weighted by molar-refractivity contribution is 5.69. The van der Waals surface area contributed by atoms with Crippen molar-refractivity contribution in [2.45, 2.75) is 27.2 Å². The predicted molar refractivity (Wildman–Crippen MR) is 60.0 cm³/mol. The van der Waals surface area contributed by atoms with Crippen LogP contribution in [0.4, 0.5) is 0 Å². The number of hydrogen-bond donors (Lipinski definition) is 1. The van der Waals surface area contributed by atoms with Crippen molar-refractivity contribution in [3.8, 4) is 0 Å². The molecule has 0 unspecified atom stereocenters. The van der Waals surface area contributed by atoms with Gasteiger partial charge in [-0.05, 0) is 18.9 Å². The van der Waals surface area contributed by atoms with Crippen LogP contribution in [0.1, 0.15) is 27.2 Å². The summed E-state index contributed by atoms with van der Waals surface area (Å²) in [7, 11) is 0. The minimum atomic E-state index is -0.779. The molecule has 0 aliphatic rings. The highest BCUT2D eigenvalue weighted by Crippen LogP contribution is 1.98. The van der Waals surface area contributed by atoms with Crippen LogP contribution < -0.4 is 0 Å². The van der Waals surface area contributed by atoms with Crippen LogP contribution in [-0.2, 0) is 9.53 Å². The summed E-state index contributed by atoms with van der Waals surface area (Å²) in [5.74, 6) is -0.120. The fourth-order valence-electron chi connectivity index (χ4n) is 1.16. The molecule has 4 nitrogen and oxygen atoms in total. The lowest BCUT2D eigenvalue weighted by Crippen LogP contribution is -2.32. The molecule has 0 fully saturated rings. The molecule has 0 saturated carbocycles. The van der Waals surface area contributed by atoms with Crippen molar-refractivity contribution in [3.63, 3.8) is 0 Å². The SMILES string of the molecule is CCN(CCOCCC(C)C)CC(=O)O. The highest BCUT2D eigenvalue weighted by atomic mass is 16.5. The Morgan fingerprint density at radius 3 is 2.53 bits per heavy atom. The van der Waals surface area contributed by atoms with Gasteiger partial charge in [0.15, 0.2) is 0 Å². The first-order valence-corrected chi connectivity index (χ1v) is 5.58. The van der Waals surface area contributed by atoms with Gasteiger partial charge in [-0.25, -0.2) is 0 Å². The maximum Gasteiger partial charge on any atom is 0.317 e. The van der Waals surface area contributed by atoms with Crippen molar-refractivity contribution in [2.24, 2.45) is 5.92 Å². The second kappa shape index (κ2) is 8.68. The van der Waals surface area contributed by atoms with E-state index in [-0.39, 0.29) is 6.54 Å². The van der Waals surface area contributed by atoms with Gasteiger partial charge in [0.2, 0.25) is 0 Å². The van der Waals surface area contributed by atoms with E-state index < -0.39 is 5.97 Å². The number of ether oxygens (including phenoxy) is 1. The van der Waals surface area contributed by atoms with Crippen LogP contribution in [0.5, 0.6) is 0 Å². The van der Waals surface area contributed by atoms with E-state index in [0.29, 0.717) is 19.1 Å². The second-order valence-corrected chi connectivity index (χ2v) is 4.06. The number of carbonyl (C=O) groups is 1. The molecule has 0 heterocycles. The van der Waals surface area contributed by atoms with Crippen LogP contribution in [0.25, 0.3) is 0 Å². The maximum absolute atomic E-state index is 10.5. The molecule has 0 aromatic rings. The number of nitrogens with zero attached hydrogens (tertiary/aromatic N) is 1. The Morgan fingerprint density at radius 1 is 1.40 bits per heavy atom. The Labute approximate surface area is 92.2 Å². The van der Waals surface area contributed by atoms with E-state index in [2.05, 4.69) is 13.8 Å². The molecule has 0 aliphatic carbocycles. The first kappa shape index (κ1) is 14.4. The molecule has 90 valence electrons. The van der Waals surface area contributed by atoms with Gasteiger partial charge in [-0.15, -0.1) is 0 Å². The molecule has 0 radical (unpaired) electrons. The normalized spacial score (nSPS) is 11.3. The van der Waals surface area contributed by atoms with Crippen molar-refractivity contribution in [1.29, 1.82) is 0 Å². The zero-order valence-corrected chi connectivity index (χ0v) is 10.0. The largest absolute Gasteiger partial charge is 0.480 e. The van der Waals surface area contributed by atoms with E-state index in [0.717, 1.165) is 19.6 Å². The van der Waals surface area contributed by atoms with Gasteiger partial charge in [-0.2, -0.15) is 0 Å². The summed E-state index contributed by atoms with van der Waals surface area (Å²) < 4.78 is 5.42. The minimum Gasteiger partial charge on any atom is -0.480 e. The van der Waals surface area contributed by atoms with Gasteiger partial charge in [0, 0.05) is 13.2 Å². The van der Waals surface area contributed by atoms with Gasteiger partial charge in [0.1, 0.15) is 0 Å². The summed E-state index contributed by atoms with van der Waals surface area (Å²) in [6.07, 6.45) is 1.06. The van der Waals surface area contributed by atoms with Crippen molar-refractivity contribution < 1.29 is 14.6 Å². The molecule has 0 aromatic heterocycles. The number of rotatable bonds is 9. The Balaban J connectivity index is 3.42. The average Bonchev–Trinajstić information content (AvgIpc) is 2.14. The van der Waals surface area contributed by atoms with E-state index >= 15 is 0 Å². The zero-order chi connectivity index (χ0) is 11.7. The van der Waals surface area contributed by atoms with Crippen molar-refractivity contribution in [3.05, 3.63) is 0 Å². The topological polar surface area (TPSA) is 49.8 Å². The molecule has 15 heavy (non-hydrogen) atoms. The molecule has 0 aliphatic heterocycles. The average molecular weight is 217 g/mol. The Hall–Kier alpha value is -0.610. The summed E-state index contributed by atoms with van der Waals surface area (Å²) in [5, 5.41) is 8.61. The Morgan fingerprint density at radius 2 is 2.07 bits per heavy atom. The summed E-state index contributed by atoms with van der Waals surface area (Å²) in [4.78, 5) is 12.3. The number of aliphatic carboxylic acids is 1. The standard InChI is InChI=1S/C11H23NO3/c1-4-12(9-11(13)14)6-8-15-7-5-10(2)3/h10H,4-9H2,1-3H3,(H,13,14). The van der Waals surface area contributed by atoms with Gasteiger partial charge in [-0.3, -0.25) is 9.69 Å². The van der Waals surface area contributed by atoms with Crippen LogP contribution in [-0.4, -0.2) is 48.8 Å². The molecular weight excluding hydrogens is 194 g/mol. The highest BCUT2D eigenvalue weighted by Gasteiger charge is 2.06. The van der Waals surface area contributed by atoms with E-state index in [9.17, 15) is 4.79 Å². The van der Waals surface area contributed by atoms with Crippen LogP contribution >= 0.6 is 0 Å². The number of likely N-dealkylation sites (N-methyl/N-ethyl adjacent to an activating group) is 1. The van der Waals surface area contributed by atoms with Crippen molar-refractivity contribution in [1.82, 2.24) is 4.90 Å². The molecule has 0 rings (SSSR count). The zero-order valence-electron chi connectivity index (χ0n) is 10.0. The van der Waals surface area contributed by atoms with Crippen LogP contribution in [0.3, 0.4) is 0 Å². The number of hydrogen-bond acceptors (Lipinski definition) is 3. The third-order valence-corrected chi connectivity index (χ3v) is 2.20. The first-order valence-electron chi connectivity index (χ1n) is 5.58. The minimum absolute atomic E-state index is 0.101. The van der Waals surface area contributed by atoms with E-state index in [1.54, 1.807) is 0 Å². The van der Waals surface area contributed by atoms with Gasteiger partial charge in [0.25, 0.3) is 0 Å². The molecular formula is C11H23NO3. The third-order valence-electron chi connectivity index (χ3n) is 2.20. The summed E-state index contributed by atoms with van der Waals surface area (Å²) in [6, 6.07) is 0. The smallest absolute Gasteiger partial charge is 0.317 e. The molecule has 0 saturated heterocycles. The summed E-state index contributed by atoms with van der Waals surface area (Å²) in [6.45, 7) is 9.20. The quantitative estimate of drug-likeness (QED) is 0.594. The lowest BCUT2D eigenvalue weighted by molar-refractivity contribution is -0.138. The van der Waals surface area contributed by atoms with Crippen LogP contribution in [0.2, 0.25) is 0 Å². The molecule has 0 aromatic carbocycles. The van der Waals surface area contributed by atoms with Crippen molar-refractivity contribution in [2.75, 3.05) is 32.8 Å². The van der Waals surface area contributed by atoms with E-state index in [1.165, 1.54) is 0 Å². The molecule has 4 heteroatoms. The molecule has 0 amide bonds. The third kappa shape index (κ3) is 9.69. The van der Waals surface area contributed by atoms with Gasteiger partial charge in [0.05, 0.1) is 13.2 Å². The summed E-state index contributed by atoms with van der Waals surface area (Å²) in [5.41, 5.74) is 0. The second-order valence-electron chi connectivity index (χ2n) is 4.06. The molecule has 0 spiro atoms. The van der Waals surface area contributed by atoms with Crippen LogP contribution in [0, 0.1) is 5.92 Å². The predicted octanol–water partition coefficient (Wildman–Crippen LogP) is 1.46. The van der Waals surface area contributed by atoms with Gasteiger partial charge in [-0.1, -0.05) is 20.8 Å². The van der Waals surface area contributed by atoms with E-state index in [1.807, 2.05) is 11.8 Å². The number of carboxylic acid groups (broad SMARTS) is 1. The fraction of sp³-hybridized carbons (Fsp3) is 0.909. The molecule has 0 bridgehead atoms. The number of carboxylic acids is 1. The van der Waals surface area contributed by atoms with Gasteiger partial charge >= 0.3 is 5.97 Å². The molecule has 0 atom stereocenters.